The lowest BCUT2D eigenvalue weighted by Gasteiger charge is -2.24. The standard InChI is InChI=1S/C31H39N5O4S/c1-20-9-10-22(17-26(20)40-28-12-15-33-27(35-28)16-21-8-7-13-32-14-11-21)30(37)34-24-18-23(31(2,3)4)19-25(29(24)39-5)36-41(6)38/h7,9-10,12-13,15,17-19,21,32,36H,8,11,14,16H2,1-6H3,(H,34,37). The number of carbonyl (C=O) groups excluding carboxylic acids is 1. The average molecular weight is 578 g/mol. The molecule has 1 aromatic heterocycles. The van der Waals surface area contributed by atoms with Crippen LogP contribution in [0.25, 0.3) is 0 Å². The number of methoxy groups -OCH3 is 1. The number of aromatic nitrogens is 2. The molecule has 0 saturated heterocycles. The lowest BCUT2D eigenvalue weighted by atomic mass is 9.86. The summed E-state index contributed by atoms with van der Waals surface area (Å²) in [6.45, 7) is 9.07. The number of hydrogen-bond donors (Lipinski definition) is 3. The van der Waals surface area contributed by atoms with Gasteiger partial charge in [0.2, 0.25) is 5.88 Å². The van der Waals surface area contributed by atoms with Gasteiger partial charge in [-0.25, -0.2) is 9.19 Å². The highest BCUT2D eigenvalue weighted by Gasteiger charge is 2.22. The average Bonchev–Trinajstić information content (AvgIpc) is 3.18. The Morgan fingerprint density at radius 1 is 1.17 bits per heavy atom. The molecule has 2 aromatic carbocycles. The van der Waals surface area contributed by atoms with Gasteiger partial charge in [0, 0.05) is 37.0 Å². The van der Waals surface area contributed by atoms with Crippen LogP contribution >= 0.6 is 0 Å². The van der Waals surface area contributed by atoms with Crippen LogP contribution in [0, 0.1) is 12.8 Å². The van der Waals surface area contributed by atoms with Crippen LogP contribution in [0.2, 0.25) is 0 Å². The van der Waals surface area contributed by atoms with Gasteiger partial charge in [-0.15, -0.1) is 0 Å². The highest BCUT2D eigenvalue weighted by Crippen LogP contribution is 2.39. The summed E-state index contributed by atoms with van der Waals surface area (Å²) in [6.07, 6.45) is 10.2. The van der Waals surface area contributed by atoms with Crippen molar-refractivity contribution in [2.75, 3.05) is 29.9 Å². The Morgan fingerprint density at radius 3 is 2.68 bits per heavy atom. The van der Waals surface area contributed by atoms with Gasteiger partial charge in [0.05, 0.1) is 18.5 Å². The molecule has 2 atom stereocenters. The monoisotopic (exact) mass is 577 g/mol. The number of aryl methyl sites for hydroxylation is 1. The lowest BCUT2D eigenvalue weighted by molar-refractivity contribution is 0.102. The van der Waals surface area contributed by atoms with Gasteiger partial charge in [-0.05, 0) is 72.7 Å². The topological polar surface area (TPSA) is 114 Å². The number of nitrogens with zero attached hydrogens (tertiary/aromatic N) is 2. The minimum Gasteiger partial charge on any atom is -0.492 e. The first-order chi connectivity index (χ1) is 19.5. The summed E-state index contributed by atoms with van der Waals surface area (Å²) in [5.41, 5.74) is 3.03. The van der Waals surface area contributed by atoms with E-state index >= 15 is 0 Å². The summed E-state index contributed by atoms with van der Waals surface area (Å²) in [6, 6.07) is 10.8. The van der Waals surface area contributed by atoms with Gasteiger partial charge in [0.1, 0.15) is 22.6 Å². The zero-order valence-electron chi connectivity index (χ0n) is 24.5. The van der Waals surface area contributed by atoms with Crippen LogP contribution in [0.4, 0.5) is 11.4 Å². The second-order valence-electron chi connectivity index (χ2n) is 11.2. The van der Waals surface area contributed by atoms with Gasteiger partial charge < -0.3 is 24.8 Å². The van der Waals surface area contributed by atoms with Gasteiger partial charge in [-0.3, -0.25) is 4.79 Å². The Hall–Kier alpha value is -3.92. The Labute approximate surface area is 244 Å². The third kappa shape index (κ3) is 8.07. The maximum atomic E-state index is 13.5. The Balaban J connectivity index is 1.56. The molecule has 0 spiro atoms. The van der Waals surface area contributed by atoms with Crippen molar-refractivity contribution in [1.82, 2.24) is 15.3 Å². The number of ether oxygens (including phenoxy) is 2. The first kappa shape index (κ1) is 30.0. The summed E-state index contributed by atoms with van der Waals surface area (Å²) in [5.74, 6) is 2.23. The van der Waals surface area contributed by atoms with E-state index in [4.69, 9.17) is 9.47 Å². The van der Waals surface area contributed by atoms with E-state index < -0.39 is 11.0 Å². The largest absolute Gasteiger partial charge is 0.492 e. The molecule has 3 N–H and O–H groups in total. The van der Waals surface area contributed by atoms with Crippen LogP contribution < -0.4 is 24.8 Å². The molecule has 1 aliphatic heterocycles. The van der Waals surface area contributed by atoms with Crippen LogP contribution in [0.3, 0.4) is 0 Å². The molecule has 9 nitrogen and oxygen atoms in total. The molecule has 3 aromatic rings. The molecule has 2 heterocycles. The predicted molar refractivity (Wildman–Crippen MR) is 164 cm³/mol. The molecule has 0 radical (unpaired) electrons. The number of nitrogens with one attached hydrogen (secondary N) is 3. The quantitative estimate of drug-likeness (QED) is 0.290. The van der Waals surface area contributed by atoms with Crippen LogP contribution in [0.1, 0.15) is 60.9 Å². The maximum absolute atomic E-state index is 13.5. The normalized spacial score (nSPS) is 15.8. The van der Waals surface area contributed by atoms with Gasteiger partial charge in [-0.1, -0.05) is 32.9 Å². The second kappa shape index (κ2) is 13.2. The zero-order valence-corrected chi connectivity index (χ0v) is 25.4. The lowest BCUT2D eigenvalue weighted by Crippen LogP contribution is -2.17. The van der Waals surface area contributed by atoms with Crippen molar-refractivity contribution in [2.45, 2.75) is 52.4 Å². The number of allylic oxidation sites excluding steroid dienone is 1. The summed E-state index contributed by atoms with van der Waals surface area (Å²) in [7, 11) is 0.190. The molecular formula is C31H39N5O4S. The molecule has 41 heavy (non-hydrogen) atoms. The Kier molecular flexibility index (Phi) is 9.65. The third-order valence-electron chi connectivity index (χ3n) is 6.88. The smallest absolute Gasteiger partial charge is 0.255 e. The fourth-order valence-corrected chi connectivity index (χ4v) is 5.04. The summed E-state index contributed by atoms with van der Waals surface area (Å²) >= 11 is 0. The predicted octanol–water partition coefficient (Wildman–Crippen LogP) is 5.90. The maximum Gasteiger partial charge on any atom is 0.255 e. The minimum absolute atomic E-state index is 0.220. The van der Waals surface area contributed by atoms with Gasteiger partial charge >= 0.3 is 0 Å². The molecule has 0 fully saturated rings. The molecular weight excluding hydrogens is 538 g/mol. The third-order valence-corrected chi connectivity index (χ3v) is 7.39. The molecule has 0 bridgehead atoms. The van der Waals surface area contributed by atoms with Crippen molar-refractivity contribution in [3.8, 4) is 17.4 Å². The summed E-state index contributed by atoms with van der Waals surface area (Å²) in [5, 5.41) is 6.25. The molecule has 1 aliphatic rings. The number of amides is 1. The number of anilines is 2. The zero-order chi connectivity index (χ0) is 29.6. The first-order valence-electron chi connectivity index (χ1n) is 13.7. The van der Waals surface area contributed by atoms with E-state index in [2.05, 4.69) is 52.2 Å². The van der Waals surface area contributed by atoms with Crippen molar-refractivity contribution in [3.05, 3.63) is 77.4 Å². The molecule has 4 rings (SSSR count). The van der Waals surface area contributed by atoms with Crippen LogP contribution in [-0.2, 0) is 22.8 Å². The first-order valence-corrected chi connectivity index (χ1v) is 15.2. The molecule has 2 unspecified atom stereocenters. The van der Waals surface area contributed by atoms with Crippen molar-refractivity contribution in [2.24, 2.45) is 5.92 Å². The highest BCUT2D eigenvalue weighted by atomic mass is 32.2. The molecule has 10 heteroatoms. The number of rotatable bonds is 9. The van der Waals surface area contributed by atoms with Crippen molar-refractivity contribution < 1.29 is 18.5 Å². The van der Waals surface area contributed by atoms with Crippen LogP contribution in [-0.4, -0.2) is 40.0 Å². The Bertz CT molecular complexity index is 1450. The van der Waals surface area contributed by atoms with Crippen molar-refractivity contribution in [1.29, 1.82) is 0 Å². The highest BCUT2D eigenvalue weighted by molar-refractivity contribution is 7.85. The minimum atomic E-state index is -1.33. The molecule has 1 amide bonds. The SMILES string of the molecule is COc1c(NC(=O)c2ccc(C)c(Oc3ccnc(CC4CC=CNCC4)n3)c2)cc(C(C)(C)C)cc1NS(C)=O. The van der Waals surface area contributed by atoms with Gasteiger partial charge in [0.15, 0.2) is 5.75 Å². The molecule has 0 saturated carbocycles. The van der Waals surface area contributed by atoms with E-state index in [0.717, 1.165) is 42.8 Å². The number of carbonyl (C=O) groups is 1. The number of hydrogen-bond acceptors (Lipinski definition) is 7. The van der Waals surface area contributed by atoms with Crippen molar-refractivity contribution in [3.63, 3.8) is 0 Å². The van der Waals surface area contributed by atoms with Gasteiger partial charge in [-0.2, -0.15) is 4.98 Å². The van der Waals surface area contributed by atoms with Crippen molar-refractivity contribution >= 4 is 28.3 Å². The van der Waals surface area contributed by atoms with E-state index in [1.54, 1.807) is 30.7 Å². The molecule has 218 valence electrons. The number of benzene rings is 2. The van der Waals surface area contributed by atoms with E-state index in [-0.39, 0.29) is 11.3 Å². The van der Waals surface area contributed by atoms with Crippen LogP contribution in [0.15, 0.2) is 54.9 Å². The second-order valence-corrected chi connectivity index (χ2v) is 12.3. The fourth-order valence-electron chi connectivity index (χ4n) is 4.58. The summed E-state index contributed by atoms with van der Waals surface area (Å²) in [4.78, 5) is 22.5. The van der Waals surface area contributed by atoms with E-state index in [0.29, 0.717) is 40.2 Å². The fraction of sp³-hybridized carbons (Fsp3) is 0.387. The van der Waals surface area contributed by atoms with E-state index in [1.807, 2.05) is 31.3 Å². The summed E-state index contributed by atoms with van der Waals surface area (Å²) < 4.78 is 26.7. The van der Waals surface area contributed by atoms with E-state index in [1.165, 1.54) is 7.11 Å². The van der Waals surface area contributed by atoms with E-state index in [9.17, 15) is 9.00 Å². The Morgan fingerprint density at radius 2 is 1.95 bits per heavy atom. The van der Waals surface area contributed by atoms with Crippen LogP contribution in [0.5, 0.6) is 17.4 Å². The van der Waals surface area contributed by atoms with Gasteiger partial charge in [0.25, 0.3) is 5.91 Å². The molecule has 0 aliphatic carbocycles.